The predicted molar refractivity (Wildman–Crippen MR) is 148 cm³/mol. The van der Waals surface area contributed by atoms with E-state index in [1.807, 2.05) is 20.8 Å². The second-order valence-electron chi connectivity index (χ2n) is 13.2. The zero-order valence-electron chi connectivity index (χ0n) is 23.9. The van der Waals surface area contributed by atoms with E-state index in [1.165, 1.54) is 24.8 Å². The van der Waals surface area contributed by atoms with Crippen LogP contribution < -0.4 is 5.32 Å². The molecular weight excluding hydrogens is 460 g/mol. The Kier molecular flexibility index (Phi) is 8.25. The Bertz CT molecular complexity index is 1120. The Labute approximate surface area is 223 Å². The van der Waals surface area contributed by atoms with Gasteiger partial charge in [-0.15, -0.1) is 10.2 Å². The number of nitrogens with zero attached hydrogens (tertiary/aromatic N) is 3. The van der Waals surface area contributed by atoms with Crippen LogP contribution in [0.4, 0.5) is 0 Å². The molecule has 2 aliphatic carbocycles. The quantitative estimate of drug-likeness (QED) is 0.393. The van der Waals surface area contributed by atoms with E-state index < -0.39 is 5.41 Å². The van der Waals surface area contributed by atoms with E-state index in [-0.39, 0.29) is 17.6 Å². The van der Waals surface area contributed by atoms with Crippen LogP contribution in [-0.2, 0) is 16.0 Å². The fraction of sp³-hybridized carbons (Fsp3) is 0.677. The Morgan fingerprint density at radius 2 is 1.81 bits per heavy atom. The Morgan fingerprint density at radius 1 is 1.11 bits per heavy atom. The molecule has 1 amide bonds. The number of carbonyl (C=O) groups excluding carboxylic acids is 2. The fourth-order valence-corrected chi connectivity index (χ4v) is 5.72. The molecule has 1 N–H and O–H groups in total. The molecule has 37 heavy (non-hydrogen) atoms. The first-order chi connectivity index (χ1) is 17.4. The van der Waals surface area contributed by atoms with Crippen LogP contribution in [0.1, 0.15) is 119 Å². The lowest BCUT2D eigenvalue weighted by Crippen LogP contribution is -2.38. The van der Waals surface area contributed by atoms with Crippen LogP contribution in [0.3, 0.4) is 0 Å². The van der Waals surface area contributed by atoms with E-state index in [9.17, 15) is 9.59 Å². The number of nitrogens with one attached hydrogen (secondary N) is 1. The normalized spacial score (nSPS) is 20.5. The summed E-state index contributed by atoms with van der Waals surface area (Å²) in [5.74, 6) is 3.93. The number of Topliss-reactive ketones (excluding diaryl/α,β-unsaturated/α-hetero) is 1. The van der Waals surface area contributed by atoms with E-state index >= 15 is 0 Å². The number of hydrogen-bond acceptors (Lipinski definition) is 4. The van der Waals surface area contributed by atoms with Crippen molar-refractivity contribution in [1.29, 1.82) is 0 Å². The van der Waals surface area contributed by atoms with Crippen molar-refractivity contribution in [2.24, 2.45) is 17.3 Å². The van der Waals surface area contributed by atoms with Crippen molar-refractivity contribution in [1.82, 2.24) is 20.1 Å². The summed E-state index contributed by atoms with van der Waals surface area (Å²) in [6.45, 7) is 14.9. The van der Waals surface area contributed by atoms with Crippen LogP contribution in [0.2, 0.25) is 0 Å². The topological polar surface area (TPSA) is 76.9 Å². The van der Waals surface area contributed by atoms with Crippen molar-refractivity contribution in [2.75, 3.05) is 6.54 Å². The Morgan fingerprint density at radius 3 is 2.41 bits per heavy atom. The SMILES string of the molecule is Cc1ccc(CC(=O)C[C@H](CNC(=O)C(C)(C)C)c2nnc(C3CC(CC(C)C)C3)n2C2CC2)c(C)c1. The average Bonchev–Trinajstić information content (AvgIpc) is 3.53. The van der Waals surface area contributed by atoms with Crippen molar-refractivity contribution < 1.29 is 9.59 Å². The minimum atomic E-state index is -0.486. The van der Waals surface area contributed by atoms with Crippen LogP contribution >= 0.6 is 0 Å². The molecule has 0 unspecified atom stereocenters. The summed E-state index contributed by atoms with van der Waals surface area (Å²) in [6.07, 6.45) is 6.66. The van der Waals surface area contributed by atoms with E-state index in [0.717, 1.165) is 47.5 Å². The highest BCUT2D eigenvalue weighted by atomic mass is 16.2. The number of ketones is 1. The highest BCUT2D eigenvalue weighted by Crippen LogP contribution is 2.47. The lowest BCUT2D eigenvalue weighted by molar-refractivity contribution is -0.128. The number of benzene rings is 1. The van der Waals surface area contributed by atoms with Gasteiger partial charge in [0, 0.05) is 42.7 Å². The molecule has 6 heteroatoms. The van der Waals surface area contributed by atoms with E-state index in [1.54, 1.807) is 0 Å². The highest BCUT2D eigenvalue weighted by Gasteiger charge is 2.40. The van der Waals surface area contributed by atoms with E-state index in [4.69, 9.17) is 10.2 Å². The molecule has 0 saturated heterocycles. The lowest BCUT2D eigenvalue weighted by Gasteiger charge is -2.36. The maximum atomic E-state index is 13.4. The van der Waals surface area contributed by atoms with Crippen molar-refractivity contribution in [3.8, 4) is 0 Å². The second kappa shape index (κ2) is 11.1. The van der Waals surface area contributed by atoms with Crippen LogP contribution in [0, 0.1) is 31.1 Å². The van der Waals surface area contributed by atoms with Gasteiger partial charge < -0.3 is 9.88 Å². The van der Waals surface area contributed by atoms with Gasteiger partial charge in [-0.05, 0) is 68.9 Å². The summed E-state index contributed by atoms with van der Waals surface area (Å²) in [7, 11) is 0. The number of aryl methyl sites for hydroxylation is 2. The molecule has 6 nitrogen and oxygen atoms in total. The summed E-state index contributed by atoms with van der Waals surface area (Å²) < 4.78 is 2.36. The molecule has 0 spiro atoms. The summed E-state index contributed by atoms with van der Waals surface area (Å²) in [5, 5.41) is 12.5. The maximum Gasteiger partial charge on any atom is 0.225 e. The molecule has 0 radical (unpaired) electrons. The largest absolute Gasteiger partial charge is 0.355 e. The summed E-state index contributed by atoms with van der Waals surface area (Å²) in [5.41, 5.74) is 2.94. The van der Waals surface area contributed by atoms with Crippen LogP contribution in [0.5, 0.6) is 0 Å². The zero-order valence-corrected chi connectivity index (χ0v) is 23.9. The van der Waals surface area contributed by atoms with Crippen molar-refractivity contribution in [3.05, 3.63) is 46.5 Å². The molecule has 1 aromatic heterocycles. The molecule has 2 fully saturated rings. The molecule has 4 rings (SSSR count). The minimum Gasteiger partial charge on any atom is -0.355 e. The average molecular weight is 507 g/mol. The van der Waals surface area contributed by atoms with Crippen LogP contribution in [0.25, 0.3) is 0 Å². The van der Waals surface area contributed by atoms with E-state index in [2.05, 4.69) is 55.8 Å². The van der Waals surface area contributed by atoms with Crippen molar-refractivity contribution in [2.45, 2.75) is 111 Å². The van der Waals surface area contributed by atoms with Gasteiger partial charge in [-0.3, -0.25) is 9.59 Å². The molecule has 1 heterocycles. The van der Waals surface area contributed by atoms with Gasteiger partial charge in [-0.2, -0.15) is 0 Å². The molecule has 202 valence electrons. The summed E-state index contributed by atoms with van der Waals surface area (Å²) in [4.78, 5) is 26.1. The number of hydrogen-bond donors (Lipinski definition) is 1. The summed E-state index contributed by atoms with van der Waals surface area (Å²) in [6, 6.07) is 6.69. The molecule has 2 saturated carbocycles. The molecule has 2 aromatic rings. The number of rotatable bonds is 11. The van der Waals surface area contributed by atoms with Gasteiger partial charge in [0.25, 0.3) is 0 Å². The monoisotopic (exact) mass is 506 g/mol. The Hall–Kier alpha value is -2.50. The first kappa shape index (κ1) is 27.5. The predicted octanol–water partition coefficient (Wildman–Crippen LogP) is 6.22. The number of carbonyl (C=O) groups is 2. The standard InChI is InChI=1S/C31H46N4O2/c1-19(2)12-22-14-24(15-22)28-33-34-29(35(28)26-10-11-26)25(18-32-30(37)31(5,6)7)17-27(36)16-23-9-8-20(3)13-21(23)4/h8-9,13,19,22,24-26H,10-12,14-18H2,1-7H3,(H,32,37)/t22?,24?,25-/m1/s1. The minimum absolute atomic E-state index is 0.00689. The van der Waals surface area contributed by atoms with Crippen molar-refractivity contribution in [3.63, 3.8) is 0 Å². The molecule has 0 aliphatic heterocycles. The third-order valence-corrected chi connectivity index (χ3v) is 7.98. The smallest absolute Gasteiger partial charge is 0.225 e. The van der Waals surface area contributed by atoms with Gasteiger partial charge in [0.2, 0.25) is 5.91 Å². The van der Waals surface area contributed by atoms with E-state index in [0.29, 0.717) is 31.3 Å². The Balaban J connectivity index is 1.55. The molecule has 1 atom stereocenters. The zero-order chi connectivity index (χ0) is 26.9. The first-order valence-electron chi connectivity index (χ1n) is 14.2. The first-order valence-corrected chi connectivity index (χ1v) is 14.2. The second-order valence-corrected chi connectivity index (χ2v) is 13.2. The maximum absolute atomic E-state index is 13.4. The number of aromatic nitrogens is 3. The van der Waals surface area contributed by atoms with Gasteiger partial charge in [-0.25, -0.2) is 0 Å². The molecular formula is C31H46N4O2. The highest BCUT2D eigenvalue weighted by molar-refractivity contribution is 5.83. The van der Waals surface area contributed by atoms with Crippen LogP contribution in [-0.4, -0.2) is 33.0 Å². The lowest BCUT2D eigenvalue weighted by atomic mass is 9.71. The third-order valence-electron chi connectivity index (χ3n) is 7.98. The van der Waals surface area contributed by atoms with Gasteiger partial charge in [0.05, 0.1) is 0 Å². The molecule has 0 bridgehead atoms. The molecule has 1 aromatic carbocycles. The van der Waals surface area contributed by atoms with Crippen molar-refractivity contribution >= 4 is 11.7 Å². The van der Waals surface area contributed by atoms with Crippen LogP contribution in [0.15, 0.2) is 18.2 Å². The summed E-state index contributed by atoms with van der Waals surface area (Å²) >= 11 is 0. The van der Waals surface area contributed by atoms with Gasteiger partial charge in [-0.1, -0.05) is 58.4 Å². The van der Waals surface area contributed by atoms with Gasteiger partial charge in [0.1, 0.15) is 17.4 Å². The van der Waals surface area contributed by atoms with Gasteiger partial charge in [0.15, 0.2) is 0 Å². The fourth-order valence-electron chi connectivity index (χ4n) is 5.72. The third kappa shape index (κ3) is 6.88. The number of amides is 1. The molecule has 2 aliphatic rings. The van der Waals surface area contributed by atoms with Gasteiger partial charge >= 0.3 is 0 Å².